The van der Waals surface area contributed by atoms with Crippen molar-refractivity contribution in [1.29, 1.82) is 0 Å². The second-order valence-electron chi connectivity index (χ2n) is 8.98. The number of aromatic nitrogens is 3. The molecule has 2 fully saturated rings. The Balaban J connectivity index is 1.51. The van der Waals surface area contributed by atoms with Gasteiger partial charge in [-0.3, -0.25) is 0 Å². The average molecular weight is 444 g/mol. The highest BCUT2D eigenvalue weighted by Crippen LogP contribution is 2.44. The summed E-state index contributed by atoms with van der Waals surface area (Å²) in [7, 11) is 0. The second-order valence-corrected chi connectivity index (χ2v) is 8.98. The lowest BCUT2D eigenvalue weighted by Crippen LogP contribution is -2.39. The van der Waals surface area contributed by atoms with Gasteiger partial charge in [0.2, 0.25) is 0 Å². The molecule has 4 nitrogen and oxygen atoms in total. The van der Waals surface area contributed by atoms with Crippen molar-refractivity contribution in [3.8, 4) is 0 Å². The summed E-state index contributed by atoms with van der Waals surface area (Å²) in [4.78, 5) is 4.49. The molecule has 1 saturated carbocycles. The number of fused-ring (bicyclic) bond motifs is 3. The number of hydrogen-bond donors (Lipinski definition) is 1. The zero-order chi connectivity index (χ0) is 21.9. The maximum atomic E-state index is 14.5. The van der Waals surface area contributed by atoms with Crippen LogP contribution in [0.2, 0.25) is 0 Å². The van der Waals surface area contributed by atoms with E-state index in [0.717, 1.165) is 38.1 Å². The zero-order valence-corrected chi connectivity index (χ0v) is 16.6. The maximum Gasteiger partial charge on any atom is 0.393 e. The van der Waals surface area contributed by atoms with Crippen molar-refractivity contribution in [2.75, 3.05) is 13.1 Å². The van der Waals surface area contributed by atoms with E-state index in [9.17, 15) is 26.3 Å². The molecule has 1 aromatic heterocycles. The van der Waals surface area contributed by atoms with Crippen LogP contribution < -0.4 is 5.32 Å². The van der Waals surface area contributed by atoms with Gasteiger partial charge in [-0.15, -0.1) is 0 Å². The number of nitrogens with one attached hydrogen (secondary N) is 1. The van der Waals surface area contributed by atoms with Gasteiger partial charge in [0.25, 0.3) is 0 Å². The monoisotopic (exact) mass is 444 g/mol. The quantitative estimate of drug-likeness (QED) is 0.570. The molecule has 2 aliphatic heterocycles. The van der Waals surface area contributed by atoms with Crippen LogP contribution in [0.3, 0.4) is 0 Å². The van der Waals surface area contributed by atoms with E-state index in [1.807, 2.05) is 0 Å². The Kier molecular flexibility index (Phi) is 5.02. The van der Waals surface area contributed by atoms with Gasteiger partial charge in [0, 0.05) is 17.9 Å². The van der Waals surface area contributed by atoms with Gasteiger partial charge in [-0.1, -0.05) is 6.07 Å². The highest BCUT2D eigenvalue weighted by atomic mass is 19.4. The summed E-state index contributed by atoms with van der Waals surface area (Å²) in [6.45, 7) is 1.41. The first-order chi connectivity index (χ1) is 14.7. The number of nitrogens with zero attached hydrogens (tertiary/aromatic N) is 3. The standard InChI is InChI=1S/C21H22F6N4/c22-16-4-3-13(18(23)19(16)24)15-5-12(21(25,26)27)9-31-20(15)29-17(30-31)6-14-10-1-2-11(14)8-28-7-10/h3-4,10-12,14-15,28H,1-2,5-9H2/t10-,11+,12?,14?,15?. The third-order valence-electron chi connectivity index (χ3n) is 7.22. The molecule has 31 heavy (non-hydrogen) atoms. The maximum absolute atomic E-state index is 14.5. The van der Waals surface area contributed by atoms with Crippen LogP contribution in [0.15, 0.2) is 12.1 Å². The van der Waals surface area contributed by atoms with E-state index in [1.54, 1.807) is 0 Å². The SMILES string of the molecule is Fc1ccc(C2CC(C(F)(F)F)Cn3nc(CC4[C@@H]5CC[C@H]4CNC5)nc32)c(F)c1F. The van der Waals surface area contributed by atoms with Crippen LogP contribution in [-0.2, 0) is 13.0 Å². The molecule has 3 unspecified atom stereocenters. The fourth-order valence-corrected chi connectivity index (χ4v) is 5.61. The van der Waals surface area contributed by atoms with Crippen LogP contribution in [0.1, 0.15) is 42.4 Å². The van der Waals surface area contributed by atoms with Crippen molar-refractivity contribution in [1.82, 2.24) is 20.1 Å². The molecular formula is C21H22F6N4. The number of benzene rings is 1. The molecular weight excluding hydrogens is 422 g/mol. The molecule has 1 saturated heterocycles. The van der Waals surface area contributed by atoms with E-state index in [2.05, 4.69) is 15.4 Å². The highest BCUT2D eigenvalue weighted by molar-refractivity contribution is 5.30. The van der Waals surface area contributed by atoms with Gasteiger partial charge < -0.3 is 5.32 Å². The lowest BCUT2D eigenvalue weighted by atomic mass is 9.83. The van der Waals surface area contributed by atoms with Crippen molar-refractivity contribution < 1.29 is 26.3 Å². The fraction of sp³-hybridized carbons (Fsp3) is 0.619. The molecule has 2 aromatic rings. The molecule has 3 heterocycles. The average Bonchev–Trinajstić information content (AvgIpc) is 3.20. The molecule has 1 aliphatic carbocycles. The van der Waals surface area contributed by atoms with Gasteiger partial charge in [-0.05, 0) is 56.2 Å². The summed E-state index contributed by atoms with van der Waals surface area (Å²) in [5.74, 6) is -5.51. The van der Waals surface area contributed by atoms with E-state index < -0.39 is 48.4 Å². The third-order valence-corrected chi connectivity index (χ3v) is 7.22. The molecule has 0 radical (unpaired) electrons. The topological polar surface area (TPSA) is 42.7 Å². The Morgan fingerprint density at radius 3 is 2.42 bits per heavy atom. The number of rotatable bonds is 3. The van der Waals surface area contributed by atoms with Gasteiger partial charge >= 0.3 is 6.18 Å². The normalized spacial score (nSPS) is 30.5. The van der Waals surface area contributed by atoms with Crippen molar-refractivity contribution >= 4 is 0 Å². The van der Waals surface area contributed by atoms with Crippen LogP contribution in [0.4, 0.5) is 26.3 Å². The smallest absolute Gasteiger partial charge is 0.316 e. The summed E-state index contributed by atoms with van der Waals surface area (Å²) in [5.41, 5.74) is -0.324. The van der Waals surface area contributed by atoms with Crippen LogP contribution in [0.5, 0.6) is 0 Å². The van der Waals surface area contributed by atoms with E-state index in [1.165, 1.54) is 4.68 Å². The summed E-state index contributed by atoms with van der Waals surface area (Å²) in [5, 5.41) is 7.75. The summed E-state index contributed by atoms with van der Waals surface area (Å²) in [6.07, 6.45) is -2.24. The molecule has 3 aliphatic rings. The van der Waals surface area contributed by atoms with E-state index in [4.69, 9.17) is 0 Å². The van der Waals surface area contributed by atoms with E-state index >= 15 is 0 Å². The molecule has 10 heteroatoms. The predicted molar refractivity (Wildman–Crippen MR) is 98.6 cm³/mol. The predicted octanol–water partition coefficient (Wildman–Crippen LogP) is 4.20. The third kappa shape index (κ3) is 3.62. The number of hydrogen-bond acceptors (Lipinski definition) is 3. The van der Waals surface area contributed by atoms with E-state index in [0.29, 0.717) is 30.0 Å². The lowest BCUT2D eigenvalue weighted by molar-refractivity contribution is -0.184. The summed E-state index contributed by atoms with van der Waals surface area (Å²) >= 11 is 0. The van der Waals surface area contributed by atoms with Gasteiger partial charge in [-0.25, -0.2) is 22.8 Å². The number of piperidine rings is 1. The fourth-order valence-electron chi connectivity index (χ4n) is 5.61. The molecule has 0 amide bonds. The summed E-state index contributed by atoms with van der Waals surface area (Å²) < 4.78 is 83.6. The van der Waals surface area contributed by atoms with Crippen molar-refractivity contribution in [3.63, 3.8) is 0 Å². The lowest BCUT2D eigenvalue weighted by Gasteiger charge is -2.30. The minimum absolute atomic E-state index is 0.182. The Labute approximate surface area is 175 Å². The molecule has 1 aromatic carbocycles. The Morgan fingerprint density at radius 2 is 1.74 bits per heavy atom. The number of halogens is 6. The van der Waals surface area contributed by atoms with Crippen LogP contribution in [0.25, 0.3) is 0 Å². The largest absolute Gasteiger partial charge is 0.393 e. The van der Waals surface area contributed by atoms with Crippen LogP contribution >= 0.6 is 0 Å². The first-order valence-corrected chi connectivity index (χ1v) is 10.6. The minimum atomic E-state index is -4.52. The van der Waals surface area contributed by atoms with E-state index in [-0.39, 0.29) is 11.4 Å². The van der Waals surface area contributed by atoms with Gasteiger partial charge in [0.05, 0.1) is 12.5 Å². The molecule has 5 rings (SSSR count). The minimum Gasteiger partial charge on any atom is -0.316 e. The van der Waals surface area contributed by atoms with Gasteiger partial charge in [0.15, 0.2) is 23.3 Å². The van der Waals surface area contributed by atoms with Crippen molar-refractivity contribution in [3.05, 3.63) is 46.8 Å². The summed E-state index contributed by atoms with van der Waals surface area (Å²) in [6, 6.07) is 1.74. The first kappa shape index (κ1) is 20.8. The zero-order valence-electron chi connectivity index (χ0n) is 16.6. The molecule has 1 N–H and O–H groups in total. The Bertz CT molecular complexity index is 971. The number of alkyl halides is 3. The van der Waals surface area contributed by atoms with Gasteiger partial charge in [0.1, 0.15) is 5.82 Å². The molecule has 2 bridgehead atoms. The Hall–Kier alpha value is -2.10. The first-order valence-electron chi connectivity index (χ1n) is 10.6. The van der Waals surface area contributed by atoms with Crippen LogP contribution in [-0.4, -0.2) is 34.0 Å². The Morgan fingerprint density at radius 1 is 1.03 bits per heavy atom. The highest BCUT2D eigenvalue weighted by Gasteiger charge is 2.47. The molecule has 5 atom stereocenters. The van der Waals surface area contributed by atoms with Crippen molar-refractivity contribution in [2.24, 2.45) is 23.7 Å². The van der Waals surface area contributed by atoms with Gasteiger partial charge in [-0.2, -0.15) is 18.3 Å². The second kappa shape index (κ2) is 7.50. The van der Waals surface area contributed by atoms with Crippen LogP contribution in [0, 0.1) is 41.1 Å². The van der Waals surface area contributed by atoms with Crippen molar-refractivity contribution in [2.45, 2.75) is 44.3 Å². The molecule has 168 valence electrons. The molecule has 0 spiro atoms.